The summed E-state index contributed by atoms with van der Waals surface area (Å²) in [5.41, 5.74) is 0.904. The van der Waals surface area contributed by atoms with Crippen LogP contribution in [-0.4, -0.2) is 17.1 Å². The minimum Gasteiger partial charge on any atom is -0.457 e. The van der Waals surface area contributed by atoms with E-state index in [1.165, 1.54) is 11.8 Å². The Bertz CT molecular complexity index is 837. The van der Waals surface area contributed by atoms with Crippen molar-refractivity contribution in [2.45, 2.75) is 18.9 Å². The lowest BCUT2D eigenvalue weighted by Gasteiger charge is -1.97. The molecule has 4 rings (SSSR count). The fourth-order valence-corrected chi connectivity index (χ4v) is 3.28. The van der Waals surface area contributed by atoms with E-state index in [4.69, 9.17) is 16.0 Å². The number of rotatable bonds is 3. The molecule has 6 heteroatoms. The molecule has 1 N–H and O–H groups in total. The van der Waals surface area contributed by atoms with Gasteiger partial charge in [0.25, 0.3) is 5.91 Å². The number of thioether (sulfide) groups is 1. The predicted molar refractivity (Wildman–Crippen MR) is 93.3 cm³/mol. The van der Waals surface area contributed by atoms with E-state index in [-0.39, 0.29) is 5.91 Å². The third kappa shape index (κ3) is 3.35. The van der Waals surface area contributed by atoms with E-state index >= 15 is 0 Å². The highest BCUT2D eigenvalue weighted by molar-refractivity contribution is 8.18. The summed E-state index contributed by atoms with van der Waals surface area (Å²) in [4.78, 5) is 17.0. The molecule has 0 bridgehead atoms. The van der Waals surface area contributed by atoms with Gasteiger partial charge in [0.2, 0.25) is 0 Å². The van der Waals surface area contributed by atoms with Crippen molar-refractivity contribution in [3.8, 4) is 11.3 Å². The summed E-state index contributed by atoms with van der Waals surface area (Å²) < 4.78 is 5.80. The van der Waals surface area contributed by atoms with Gasteiger partial charge in [-0.05, 0) is 48.9 Å². The zero-order valence-electron chi connectivity index (χ0n) is 12.1. The smallest absolute Gasteiger partial charge is 0.264 e. The Labute approximate surface area is 142 Å². The SMILES string of the molecule is O=C1NC(=NC2CC2)S/C1=C\c1ccc(-c2cccc(Cl)c2)o1. The van der Waals surface area contributed by atoms with Crippen molar-refractivity contribution in [2.24, 2.45) is 4.99 Å². The fraction of sp³-hybridized carbons (Fsp3) is 0.176. The minimum absolute atomic E-state index is 0.130. The van der Waals surface area contributed by atoms with Gasteiger partial charge in [0.05, 0.1) is 10.9 Å². The van der Waals surface area contributed by atoms with Gasteiger partial charge in [-0.15, -0.1) is 0 Å². The van der Waals surface area contributed by atoms with Crippen molar-refractivity contribution in [2.75, 3.05) is 0 Å². The van der Waals surface area contributed by atoms with Gasteiger partial charge < -0.3 is 9.73 Å². The van der Waals surface area contributed by atoms with Gasteiger partial charge in [-0.2, -0.15) is 0 Å². The number of nitrogens with zero attached hydrogens (tertiary/aromatic N) is 1. The quantitative estimate of drug-likeness (QED) is 0.843. The van der Waals surface area contributed by atoms with E-state index in [1.54, 1.807) is 6.08 Å². The van der Waals surface area contributed by atoms with Crippen LogP contribution in [0.3, 0.4) is 0 Å². The maximum atomic E-state index is 12.0. The molecule has 2 fully saturated rings. The number of nitrogens with one attached hydrogen (secondary N) is 1. The molecule has 4 nitrogen and oxygen atoms in total. The summed E-state index contributed by atoms with van der Waals surface area (Å²) in [6.07, 6.45) is 3.96. The van der Waals surface area contributed by atoms with Crippen molar-refractivity contribution < 1.29 is 9.21 Å². The number of halogens is 1. The van der Waals surface area contributed by atoms with E-state index in [2.05, 4.69) is 10.3 Å². The number of amidine groups is 1. The average molecular weight is 345 g/mol. The van der Waals surface area contributed by atoms with Crippen molar-refractivity contribution in [1.29, 1.82) is 0 Å². The first-order valence-corrected chi connectivity index (χ1v) is 8.51. The monoisotopic (exact) mass is 344 g/mol. The second-order valence-corrected chi connectivity index (χ2v) is 6.91. The largest absolute Gasteiger partial charge is 0.457 e. The molecule has 2 aliphatic rings. The molecule has 1 aromatic carbocycles. The molecule has 0 atom stereocenters. The molecule has 0 radical (unpaired) electrons. The second-order valence-electron chi connectivity index (χ2n) is 5.44. The highest BCUT2D eigenvalue weighted by Crippen LogP contribution is 2.32. The first-order chi connectivity index (χ1) is 11.2. The summed E-state index contributed by atoms with van der Waals surface area (Å²) >= 11 is 7.36. The standard InChI is InChI=1S/C17H13ClN2O2S/c18-11-3-1-2-10(8-11)14-7-6-13(22-14)9-15-16(21)20-17(23-15)19-12-4-5-12/h1-3,6-9,12H,4-5H2,(H,19,20,21)/b15-9-. The molecule has 2 aromatic rings. The zero-order chi connectivity index (χ0) is 15.8. The Hall–Kier alpha value is -1.98. The Balaban J connectivity index is 1.56. The summed E-state index contributed by atoms with van der Waals surface area (Å²) in [7, 11) is 0. The molecule has 1 saturated carbocycles. The second kappa shape index (κ2) is 5.91. The van der Waals surface area contributed by atoms with Gasteiger partial charge in [0, 0.05) is 16.7 Å². The van der Waals surface area contributed by atoms with E-state index in [9.17, 15) is 4.79 Å². The molecule has 116 valence electrons. The summed E-state index contributed by atoms with van der Waals surface area (Å²) in [5, 5.41) is 4.13. The topological polar surface area (TPSA) is 54.6 Å². The predicted octanol–water partition coefficient (Wildman–Crippen LogP) is 4.32. The van der Waals surface area contributed by atoms with Crippen LogP contribution in [0.4, 0.5) is 0 Å². The van der Waals surface area contributed by atoms with Gasteiger partial charge >= 0.3 is 0 Å². The maximum absolute atomic E-state index is 12.0. The van der Waals surface area contributed by atoms with Crippen molar-refractivity contribution >= 4 is 40.5 Å². The van der Waals surface area contributed by atoms with Gasteiger partial charge in [-0.25, -0.2) is 0 Å². The Morgan fingerprint density at radius 1 is 1.30 bits per heavy atom. The maximum Gasteiger partial charge on any atom is 0.264 e. The van der Waals surface area contributed by atoms with Crippen LogP contribution < -0.4 is 5.32 Å². The molecule has 0 spiro atoms. The Kier molecular flexibility index (Phi) is 3.75. The zero-order valence-corrected chi connectivity index (χ0v) is 13.7. The number of carbonyl (C=O) groups is 1. The number of carbonyl (C=O) groups excluding carboxylic acids is 1. The van der Waals surface area contributed by atoms with Gasteiger partial charge in [0.1, 0.15) is 11.5 Å². The van der Waals surface area contributed by atoms with E-state index < -0.39 is 0 Å². The molecule has 1 aliphatic heterocycles. The molecule has 23 heavy (non-hydrogen) atoms. The fourth-order valence-electron chi connectivity index (χ4n) is 2.21. The molecule has 1 aromatic heterocycles. The van der Waals surface area contributed by atoms with Crippen LogP contribution in [-0.2, 0) is 4.79 Å². The summed E-state index contributed by atoms with van der Waals surface area (Å²) in [6.45, 7) is 0. The highest BCUT2D eigenvalue weighted by Gasteiger charge is 2.28. The number of hydrogen-bond donors (Lipinski definition) is 1. The third-order valence-electron chi connectivity index (χ3n) is 3.51. The Morgan fingerprint density at radius 2 is 2.17 bits per heavy atom. The van der Waals surface area contributed by atoms with Crippen LogP contribution in [0.15, 0.2) is 50.7 Å². The van der Waals surface area contributed by atoms with Crippen molar-refractivity contribution in [3.05, 3.63) is 52.1 Å². The minimum atomic E-state index is -0.130. The number of hydrogen-bond acceptors (Lipinski definition) is 4. The number of benzene rings is 1. The van der Waals surface area contributed by atoms with Crippen LogP contribution in [0.1, 0.15) is 18.6 Å². The molecule has 0 unspecified atom stereocenters. The van der Waals surface area contributed by atoms with Crippen LogP contribution >= 0.6 is 23.4 Å². The molecular weight excluding hydrogens is 332 g/mol. The van der Waals surface area contributed by atoms with Crippen LogP contribution in [0.25, 0.3) is 17.4 Å². The number of amides is 1. The summed E-state index contributed by atoms with van der Waals surface area (Å²) in [5.74, 6) is 1.22. The molecular formula is C17H13ClN2O2S. The first kappa shape index (κ1) is 14.6. The molecule has 1 saturated heterocycles. The van der Waals surface area contributed by atoms with Crippen molar-refractivity contribution in [1.82, 2.24) is 5.32 Å². The molecule has 2 heterocycles. The van der Waals surface area contributed by atoms with Gasteiger partial charge in [-0.1, -0.05) is 23.7 Å². The van der Waals surface area contributed by atoms with Gasteiger partial charge in [-0.3, -0.25) is 9.79 Å². The highest BCUT2D eigenvalue weighted by atomic mass is 35.5. The van der Waals surface area contributed by atoms with E-state index in [0.29, 0.717) is 26.9 Å². The van der Waals surface area contributed by atoms with Crippen LogP contribution in [0.5, 0.6) is 0 Å². The normalized spacial score (nSPS) is 21.2. The Morgan fingerprint density at radius 3 is 2.96 bits per heavy atom. The lowest BCUT2D eigenvalue weighted by Crippen LogP contribution is -2.20. The number of furan rings is 1. The first-order valence-electron chi connectivity index (χ1n) is 7.32. The molecule has 1 amide bonds. The number of aliphatic imine (C=N–C) groups is 1. The average Bonchev–Trinajstić information content (AvgIpc) is 3.09. The molecule has 1 aliphatic carbocycles. The lowest BCUT2D eigenvalue weighted by molar-refractivity contribution is -0.115. The van der Waals surface area contributed by atoms with Crippen molar-refractivity contribution in [3.63, 3.8) is 0 Å². The lowest BCUT2D eigenvalue weighted by atomic mass is 10.2. The van der Waals surface area contributed by atoms with E-state index in [0.717, 1.165) is 24.2 Å². The van der Waals surface area contributed by atoms with Crippen LogP contribution in [0, 0.1) is 0 Å². The third-order valence-corrected chi connectivity index (χ3v) is 4.67. The van der Waals surface area contributed by atoms with E-state index in [1.807, 2.05) is 36.4 Å². The van der Waals surface area contributed by atoms with Gasteiger partial charge in [0.15, 0.2) is 5.17 Å². The summed E-state index contributed by atoms with van der Waals surface area (Å²) in [6, 6.07) is 11.6. The van der Waals surface area contributed by atoms with Crippen LogP contribution in [0.2, 0.25) is 5.02 Å².